The summed E-state index contributed by atoms with van der Waals surface area (Å²) in [5.41, 5.74) is 14.2. The molecule has 0 bridgehead atoms. The summed E-state index contributed by atoms with van der Waals surface area (Å²) < 4.78 is 5.15. The van der Waals surface area contributed by atoms with Crippen LogP contribution in [0.4, 0.5) is 0 Å². The molecule has 1 aliphatic rings. The maximum Gasteiger partial charge on any atom is 0.0544 e. The highest BCUT2D eigenvalue weighted by Crippen LogP contribution is 2.52. The van der Waals surface area contributed by atoms with Crippen LogP contribution in [0.5, 0.6) is 0 Å². The van der Waals surface area contributed by atoms with E-state index in [1.165, 1.54) is 114 Å². The van der Waals surface area contributed by atoms with E-state index in [2.05, 4.69) is 194 Å². The molecule has 258 valence electrons. The molecule has 9 aromatic carbocycles. The van der Waals surface area contributed by atoms with Gasteiger partial charge in [0.05, 0.1) is 11.0 Å². The number of benzene rings is 9. The number of aromatic nitrogens is 1. The van der Waals surface area contributed by atoms with E-state index < -0.39 is 0 Å². The Bertz CT molecular complexity index is 3340. The molecule has 0 fully saturated rings. The predicted molar refractivity (Wildman–Crippen MR) is 237 cm³/mol. The van der Waals surface area contributed by atoms with Crippen LogP contribution in [0, 0.1) is 0 Å². The number of hydrogen-bond donors (Lipinski definition) is 0. The average molecular weight is 718 g/mol. The first kappa shape index (κ1) is 30.9. The van der Waals surface area contributed by atoms with Gasteiger partial charge in [0.25, 0.3) is 0 Å². The average Bonchev–Trinajstić information content (AvgIpc) is 3.85. The lowest BCUT2D eigenvalue weighted by Crippen LogP contribution is -2.14. The second-order valence-electron chi connectivity index (χ2n) is 15.6. The van der Waals surface area contributed by atoms with Crippen molar-refractivity contribution in [2.24, 2.45) is 0 Å². The Kier molecular flexibility index (Phi) is 6.34. The van der Waals surface area contributed by atoms with Crippen molar-refractivity contribution >= 4 is 74.9 Å². The van der Waals surface area contributed by atoms with Crippen LogP contribution >= 0.6 is 11.3 Å². The van der Waals surface area contributed by atoms with Gasteiger partial charge < -0.3 is 4.57 Å². The zero-order valence-corrected chi connectivity index (χ0v) is 31.4. The lowest BCUT2D eigenvalue weighted by atomic mass is 9.82. The van der Waals surface area contributed by atoms with Gasteiger partial charge in [-0.2, -0.15) is 0 Å². The van der Waals surface area contributed by atoms with Gasteiger partial charge in [-0.25, -0.2) is 0 Å². The van der Waals surface area contributed by atoms with Crippen molar-refractivity contribution in [3.63, 3.8) is 0 Å². The molecule has 0 atom stereocenters. The van der Waals surface area contributed by atoms with Crippen LogP contribution in [0.15, 0.2) is 176 Å². The first-order valence-corrected chi connectivity index (χ1v) is 20.0. The van der Waals surface area contributed by atoms with Crippen molar-refractivity contribution < 1.29 is 0 Å². The number of fused-ring (bicyclic) bond motifs is 11. The highest BCUT2D eigenvalue weighted by molar-refractivity contribution is 7.26. The van der Waals surface area contributed by atoms with Crippen LogP contribution < -0.4 is 0 Å². The lowest BCUT2D eigenvalue weighted by molar-refractivity contribution is 0.661. The lowest BCUT2D eigenvalue weighted by Gasteiger charge is -2.21. The number of hydrogen-bond acceptors (Lipinski definition) is 1. The van der Waals surface area contributed by atoms with E-state index in [-0.39, 0.29) is 5.41 Å². The Morgan fingerprint density at radius 3 is 1.76 bits per heavy atom. The fraction of sp³-hybridized carbons (Fsp3) is 0.0566. The van der Waals surface area contributed by atoms with Crippen molar-refractivity contribution in [2.45, 2.75) is 19.3 Å². The maximum atomic E-state index is 2.48. The third kappa shape index (κ3) is 4.23. The van der Waals surface area contributed by atoms with Gasteiger partial charge >= 0.3 is 0 Å². The fourth-order valence-corrected chi connectivity index (χ4v) is 11.1. The van der Waals surface area contributed by atoms with Crippen LogP contribution in [-0.2, 0) is 5.41 Å². The molecule has 1 nitrogen and oxygen atoms in total. The normalized spacial score (nSPS) is 13.4. The van der Waals surface area contributed by atoms with Gasteiger partial charge in [0.2, 0.25) is 0 Å². The van der Waals surface area contributed by atoms with Gasteiger partial charge in [0.15, 0.2) is 0 Å². The number of rotatable bonds is 3. The summed E-state index contributed by atoms with van der Waals surface area (Å²) >= 11 is 1.91. The van der Waals surface area contributed by atoms with Crippen LogP contribution in [0.1, 0.15) is 25.0 Å². The van der Waals surface area contributed by atoms with E-state index >= 15 is 0 Å². The minimum Gasteiger partial charge on any atom is -0.309 e. The maximum absolute atomic E-state index is 2.48. The van der Waals surface area contributed by atoms with Gasteiger partial charge in [-0.15, -0.1) is 11.3 Å². The van der Waals surface area contributed by atoms with Crippen molar-refractivity contribution in [1.29, 1.82) is 0 Å². The molecule has 2 aromatic heterocycles. The van der Waals surface area contributed by atoms with Crippen molar-refractivity contribution in [2.75, 3.05) is 0 Å². The Morgan fingerprint density at radius 2 is 1.00 bits per heavy atom. The molecule has 0 N–H and O–H groups in total. The van der Waals surface area contributed by atoms with Crippen LogP contribution in [0.25, 0.3) is 103 Å². The first-order chi connectivity index (χ1) is 27.1. The Balaban J connectivity index is 1.17. The van der Waals surface area contributed by atoms with Gasteiger partial charge in [-0.05, 0) is 103 Å². The molecule has 0 spiro atoms. The van der Waals surface area contributed by atoms with Crippen molar-refractivity contribution in [3.8, 4) is 39.1 Å². The molecule has 55 heavy (non-hydrogen) atoms. The van der Waals surface area contributed by atoms with Gasteiger partial charge in [0.1, 0.15) is 0 Å². The summed E-state index contributed by atoms with van der Waals surface area (Å²) in [7, 11) is 0. The van der Waals surface area contributed by atoms with Crippen LogP contribution in [0.3, 0.4) is 0 Å². The van der Waals surface area contributed by atoms with Crippen molar-refractivity contribution in [3.05, 3.63) is 187 Å². The molecule has 2 heteroatoms. The molecule has 1 aliphatic carbocycles. The molecule has 0 unspecified atom stereocenters. The summed E-state index contributed by atoms with van der Waals surface area (Å²) in [6.07, 6.45) is 0. The highest BCUT2D eigenvalue weighted by Gasteiger charge is 2.36. The van der Waals surface area contributed by atoms with Gasteiger partial charge in [-0.1, -0.05) is 147 Å². The van der Waals surface area contributed by atoms with E-state index in [0.29, 0.717) is 0 Å². The zero-order chi connectivity index (χ0) is 36.4. The molecule has 0 saturated heterocycles. The molecule has 0 radical (unpaired) electrons. The molecule has 12 rings (SSSR count). The largest absolute Gasteiger partial charge is 0.309 e. The second-order valence-corrected chi connectivity index (χ2v) is 16.7. The van der Waals surface area contributed by atoms with E-state index in [4.69, 9.17) is 0 Å². The zero-order valence-electron chi connectivity index (χ0n) is 30.6. The molecule has 0 amide bonds. The molecule has 0 saturated carbocycles. The molecular formula is C53H35NS. The SMILES string of the molecule is CC1(C)c2ccccc2-c2cc3c4cc(-c5c6ccccc6c(-c6cccc7c6sc6ccccc67)c6ccccc56)ccc4n(-c4ccccc4)c3cc21. The van der Waals surface area contributed by atoms with Crippen molar-refractivity contribution in [1.82, 2.24) is 4.57 Å². The smallest absolute Gasteiger partial charge is 0.0544 e. The minimum atomic E-state index is -0.0804. The molecule has 0 aliphatic heterocycles. The second kappa shape index (κ2) is 11.3. The monoisotopic (exact) mass is 717 g/mol. The molecular weight excluding hydrogens is 683 g/mol. The Hall–Kier alpha value is -6.48. The quantitative estimate of drug-likeness (QED) is 0.160. The summed E-state index contributed by atoms with van der Waals surface area (Å²) in [6, 6.07) is 65.8. The Morgan fingerprint density at radius 1 is 0.400 bits per heavy atom. The molecule has 2 heterocycles. The fourth-order valence-electron chi connectivity index (χ4n) is 9.90. The van der Waals surface area contributed by atoms with E-state index in [1.54, 1.807) is 0 Å². The summed E-state index contributed by atoms with van der Waals surface area (Å²) in [5, 5.41) is 10.3. The predicted octanol–water partition coefficient (Wildman–Crippen LogP) is 15.1. The number of nitrogens with zero attached hydrogens (tertiary/aromatic N) is 1. The third-order valence-corrected chi connectivity index (χ3v) is 13.6. The highest BCUT2D eigenvalue weighted by atomic mass is 32.1. The van der Waals surface area contributed by atoms with Crippen LogP contribution in [-0.4, -0.2) is 4.57 Å². The minimum absolute atomic E-state index is 0.0804. The van der Waals surface area contributed by atoms with E-state index in [9.17, 15) is 0 Å². The molecule has 11 aromatic rings. The summed E-state index contributed by atoms with van der Waals surface area (Å²) in [6.45, 7) is 4.75. The number of para-hydroxylation sites is 1. The topological polar surface area (TPSA) is 4.93 Å². The third-order valence-electron chi connectivity index (χ3n) is 12.4. The first-order valence-electron chi connectivity index (χ1n) is 19.2. The van der Waals surface area contributed by atoms with Gasteiger partial charge in [-0.3, -0.25) is 0 Å². The number of thiophene rings is 1. The summed E-state index contributed by atoms with van der Waals surface area (Å²) in [5.74, 6) is 0. The Labute approximate surface area is 323 Å². The van der Waals surface area contributed by atoms with E-state index in [0.717, 1.165) is 0 Å². The van der Waals surface area contributed by atoms with Gasteiger partial charge in [0, 0.05) is 47.6 Å². The standard InChI is InChI=1S/C53H35NS/c1-53(2)45-25-12-10-17-34(45)42-30-44-43-29-32(27-28-47(43)54(48(44)31-46(42)53)33-15-4-3-5-16-33)50-36-19-6-8-21-38(36)51(39-22-9-7-20-37(39)50)41-24-14-23-40-35-18-11-13-26-49(35)55-52(40)41/h3-31H,1-2H3. The summed E-state index contributed by atoms with van der Waals surface area (Å²) in [4.78, 5) is 0. The van der Waals surface area contributed by atoms with Crippen LogP contribution in [0.2, 0.25) is 0 Å². The van der Waals surface area contributed by atoms with E-state index in [1.807, 2.05) is 11.3 Å².